The van der Waals surface area contributed by atoms with E-state index in [0.29, 0.717) is 13.2 Å². The summed E-state index contributed by atoms with van der Waals surface area (Å²) < 4.78 is 14.5. The van der Waals surface area contributed by atoms with Gasteiger partial charge in [0.2, 0.25) is 0 Å². The molecule has 0 radical (unpaired) electrons. The van der Waals surface area contributed by atoms with Gasteiger partial charge < -0.3 is 14.0 Å². The van der Waals surface area contributed by atoms with Crippen molar-refractivity contribution < 1.29 is 9.47 Å². The molecule has 0 bridgehead atoms. The number of aryl methyl sites for hydroxylation is 1. The van der Waals surface area contributed by atoms with E-state index in [2.05, 4.69) is 32.6 Å². The lowest BCUT2D eigenvalue weighted by molar-refractivity contribution is -0.144. The average molecular weight is 312 g/mol. The van der Waals surface area contributed by atoms with E-state index in [4.69, 9.17) is 9.47 Å². The molecular formula is C14H18BrNO2. The Morgan fingerprint density at radius 2 is 1.78 bits per heavy atom. The molecule has 0 aliphatic carbocycles. The van der Waals surface area contributed by atoms with Crippen molar-refractivity contribution in [1.82, 2.24) is 4.57 Å². The number of ether oxygens (including phenoxy) is 2. The number of benzene rings is 1. The molecule has 0 spiro atoms. The van der Waals surface area contributed by atoms with Gasteiger partial charge in [-0.05, 0) is 35.8 Å². The van der Waals surface area contributed by atoms with Gasteiger partial charge in [0.25, 0.3) is 0 Å². The molecule has 0 N–H and O–H groups in total. The zero-order valence-corrected chi connectivity index (χ0v) is 12.5. The minimum absolute atomic E-state index is 0.327. The van der Waals surface area contributed by atoms with Crippen molar-refractivity contribution >= 4 is 26.8 Å². The van der Waals surface area contributed by atoms with Crippen LogP contribution in [0.4, 0.5) is 0 Å². The van der Waals surface area contributed by atoms with Gasteiger partial charge in [-0.25, -0.2) is 0 Å². The van der Waals surface area contributed by atoms with Crippen molar-refractivity contribution in [2.45, 2.75) is 20.1 Å². The first kappa shape index (κ1) is 13.6. The Balaban J connectivity index is 2.54. The highest BCUT2D eigenvalue weighted by Gasteiger charge is 2.22. The summed E-state index contributed by atoms with van der Waals surface area (Å²) in [7, 11) is 2.04. The largest absolute Gasteiger partial charge is 0.347 e. The van der Waals surface area contributed by atoms with E-state index in [1.54, 1.807) is 0 Å². The second kappa shape index (κ2) is 5.87. The molecule has 0 atom stereocenters. The maximum Gasteiger partial charge on any atom is 0.200 e. The Morgan fingerprint density at radius 1 is 1.17 bits per heavy atom. The maximum atomic E-state index is 5.69. The molecule has 18 heavy (non-hydrogen) atoms. The van der Waals surface area contributed by atoms with Crippen LogP contribution in [-0.4, -0.2) is 17.8 Å². The third-order valence-corrected chi connectivity index (χ3v) is 3.78. The lowest BCUT2D eigenvalue weighted by atomic mass is 10.2. The van der Waals surface area contributed by atoms with Gasteiger partial charge in [-0.2, -0.15) is 0 Å². The molecule has 4 heteroatoms. The minimum atomic E-state index is -0.327. The fourth-order valence-corrected chi connectivity index (χ4v) is 2.93. The van der Waals surface area contributed by atoms with Crippen LogP contribution in [-0.2, 0) is 16.5 Å². The maximum absolute atomic E-state index is 5.69. The van der Waals surface area contributed by atoms with Crippen molar-refractivity contribution in [1.29, 1.82) is 0 Å². The van der Waals surface area contributed by atoms with Crippen LogP contribution in [0.25, 0.3) is 10.9 Å². The molecule has 1 aromatic carbocycles. The molecule has 0 fully saturated rings. The second-order valence-electron chi connectivity index (χ2n) is 4.02. The average Bonchev–Trinajstić information content (AvgIpc) is 2.63. The highest BCUT2D eigenvalue weighted by atomic mass is 79.9. The normalized spacial score (nSPS) is 11.6. The van der Waals surface area contributed by atoms with Crippen molar-refractivity contribution in [3.63, 3.8) is 0 Å². The Morgan fingerprint density at radius 3 is 2.33 bits per heavy atom. The zero-order valence-electron chi connectivity index (χ0n) is 10.9. The third-order valence-electron chi connectivity index (χ3n) is 2.95. The van der Waals surface area contributed by atoms with E-state index in [9.17, 15) is 0 Å². The Hall–Kier alpha value is -0.840. The fraction of sp³-hybridized carbons (Fsp3) is 0.429. The minimum Gasteiger partial charge on any atom is -0.347 e. The van der Waals surface area contributed by atoms with Crippen LogP contribution in [0.1, 0.15) is 25.8 Å². The Labute approximate surface area is 116 Å². The molecule has 0 amide bonds. The topological polar surface area (TPSA) is 23.4 Å². The van der Waals surface area contributed by atoms with Gasteiger partial charge in [0, 0.05) is 31.2 Å². The molecule has 2 aromatic rings. The third kappa shape index (κ3) is 2.32. The van der Waals surface area contributed by atoms with Crippen LogP contribution in [0.2, 0.25) is 0 Å². The van der Waals surface area contributed by atoms with E-state index in [1.807, 2.05) is 33.0 Å². The van der Waals surface area contributed by atoms with Gasteiger partial charge in [-0.1, -0.05) is 18.2 Å². The second-order valence-corrected chi connectivity index (χ2v) is 4.81. The summed E-state index contributed by atoms with van der Waals surface area (Å²) >= 11 is 3.66. The lowest BCUT2D eigenvalue weighted by Gasteiger charge is -2.18. The van der Waals surface area contributed by atoms with Crippen LogP contribution in [0.5, 0.6) is 0 Å². The van der Waals surface area contributed by atoms with E-state index < -0.39 is 0 Å². The summed E-state index contributed by atoms with van der Waals surface area (Å²) in [6, 6.07) is 8.26. The van der Waals surface area contributed by atoms with Gasteiger partial charge in [0.1, 0.15) is 0 Å². The van der Waals surface area contributed by atoms with Gasteiger partial charge in [0.05, 0.1) is 10.2 Å². The van der Waals surface area contributed by atoms with Crippen molar-refractivity contribution in [2.75, 3.05) is 13.2 Å². The van der Waals surface area contributed by atoms with Gasteiger partial charge in [-0.3, -0.25) is 0 Å². The van der Waals surface area contributed by atoms with Gasteiger partial charge >= 0.3 is 0 Å². The highest BCUT2D eigenvalue weighted by molar-refractivity contribution is 9.10. The molecule has 0 unspecified atom stereocenters. The van der Waals surface area contributed by atoms with E-state index in [-0.39, 0.29) is 6.29 Å². The van der Waals surface area contributed by atoms with Crippen LogP contribution >= 0.6 is 15.9 Å². The molecule has 1 heterocycles. The van der Waals surface area contributed by atoms with Crippen molar-refractivity contribution in [2.24, 2.45) is 7.05 Å². The number of rotatable bonds is 5. The predicted molar refractivity (Wildman–Crippen MR) is 76.6 cm³/mol. The highest BCUT2D eigenvalue weighted by Crippen LogP contribution is 2.35. The summed E-state index contributed by atoms with van der Waals surface area (Å²) in [5.74, 6) is 0. The first-order chi connectivity index (χ1) is 8.70. The van der Waals surface area contributed by atoms with Gasteiger partial charge in [0.15, 0.2) is 6.29 Å². The Kier molecular flexibility index (Phi) is 4.43. The monoisotopic (exact) mass is 311 g/mol. The zero-order chi connectivity index (χ0) is 13.1. The quantitative estimate of drug-likeness (QED) is 0.779. The summed E-state index contributed by atoms with van der Waals surface area (Å²) in [4.78, 5) is 0. The summed E-state index contributed by atoms with van der Waals surface area (Å²) in [5, 5.41) is 1.18. The van der Waals surface area contributed by atoms with E-state index in [1.165, 1.54) is 10.9 Å². The van der Waals surface area contributed by atoms with Crippen molar-refractivity contribution in [3.05, 3.63) is 34.4 Å². The first-order valence-corrected chi connectivity index (χ1v) is 6.96. The molecule has 0 aliphatic rings. The van der Waals surface area contributed by atoms with Crippen LogP contribution in [0.3, 0.4) is 0 Å². The molecular weight excluding hydrogens is 294 g/mol. The Bertz CT molecular complexity index is 491. The molecule has 0 saturated heterocycles. The number of aromatic nitrogens is 1. The summed E-state index contributed by atoms with van der Waals surface area (Å²) in [5.41, 5.74) is 2.20. The van der Waals surface area contributed by atoms with Crippen molar-refractivity contribution in [3.8, 4) is 0 Å². The fourth-order valence-electron chi connectivity index (χ4n) is 2.14. The van der Waals surface area contributed by atoms with Crippen LogP contribution in [0, 0.1) is 0 Å². The van der Waals surface area contributed by atoms with E-state index in [0.717, 1.165) is 10.2 Å². The predicted octanol–water partition coefficient (Wildman–Crippen LogP) is 4.01. The number of fused-ring (bicyclic) bond motifs is 1. The number of nitrogens with zero attached hydrogens (tertiary/aromatic N) is 1. The van der Waals surface area contributed by atoms with Crippen LogP contribution < -0.4 is 0 Å². The van der Waals surface area contributed by atoms with Gasteiger partial charge in [-0.15, -0.1) is 0 Å². The van der Waals surface area contributed by atoms with Crippen LogP contribution in [0.15, 0.2) is 28.7 Å². The molecule has 2 rings (SSSR count). The SMILES string of the molecule is CCOC(OCC)c1c(Br)c2ccccc2n1C. The molecule has 0 aliphatic heterocycles. The molecule has 1 aromatic heterocycles. The molecule has 3 nitrogen and oxygen atoms in total. The first-order valence-electron chi connectivity index (χ1n) is 6.16. The smallest absolute Gasteiger partial charge is 0.200 e. The number of para-hydroxylation sites is 1. The summed E-state index contributed by atoms with van der Waals surface area (Å²) in [6.07, 6.45) is -0.327. The summed E-state index contributed by atoms with van der Waals surface area (Å²) in [6.45, 7) is 5.20. The number of hydrogen-bond acceptors (Lipinski definition) is 2. The lowest BCUT2D eigenvalue weighted by Crippen LogP contribution is -2.13. The molecule has 0 saturated carbocycles. The molecule has 98 valence electrons. The number of hydrogen-bond donors (Lipinski definition) is 0. The standard InChI is InChI=1S/C14H18BrNO2/c1-4-17-14(18-5-2)13-12(15)10-8-6-7-9-11(10)16(13)3/h6-9,14H,4-5H2,1-3H3. The number of halogens is 1. The van der Waals surface area contributed by atoms with E-state index >= 15 is 0 Å².